The smallest absolute Gasteiger partial charge is 0.123 e. The molecule has 1 heteroatoms. The van der Waals surface area contributed by atoms with E-state index >= 15 is 0 Å². The summed E-state index contributed by atoms with van der Waals surface area (Å²) in [5.41, 5.74) is 0. The van der Waals surface area contributed by atoms with E-state index in [9.17, 15) is 5.11 Å². The Morgan fingerprint density at radius 1 is 0.579 bits per heavy atom. The highest BCUT2D eigenvalue weighted by Gasteiger charge is 2.06. The van der Waals surface area contributed by atoms with E-state index in [2.05, 4.69) is 0 Å². The molecule has 0 spiro atoms. The maximum absolute atomic E-state index is 10.4. The van der Waals surface area contributed by atoms with Crippen LogP contribution in [0.1, 0.15) is 15.1 Å². The number of rotatable bonds is 0. The average Bonchev–Trinajstić information content (AvgIpc) is 2.71. The van der Waals surface area contributed by atoms with Crippen LogP contribution in [0.25, 0.3) is 32.3 Å². The maximum atomic E-state index is 10.4. The lowest BCUT2D eigenvalue weighted by atomic mass is 9.97. The molecule has 1 nitrogen and oxygen atoms in total. The Kier molecular flexibility index (Phi) is 0.831. The second-order valence-electron chi connectivity index (χ2n) is 3.97. The molecular weight excluding hydrogens is 232 g/mol. The predicted octanol–water partition coefficient (Wildman–Crippen LogP) is 4.85. The Balaban J connectivity index is 2.56. The van der Waals surface area contributed by atoms with Gasteiger partial charge in [-0.1, -0.05) is 60.4 Å². The van der Waals surface area contributed by atoms with Crippen molar-refractivity contribution >= 4 is 32.3 Å². The fourth-order valence-corrected chi connectivity index (χ4v) is 2.05. The number of aromatic hydroxyl groups is 1. The van der Waals surface area contributed by atoms with Gasteiger partial charge < -0.3 is 5.11 Å². The molecule has 0 aromatic heterocycles. The highest BCUT2D eigenvalue weighted by Crippen LogP contribution is 2.34. The third-order valence-electron chi connectivity index (χ3n) is 2.92. The average molecular weight is 255 g/mol. The molecule has 19 heavy (non-hydrogen) atoms. The fourth-order valence-electron chi connectivity index (χ4n) is 2.05. The van der Waals surface area contributed by atoms with Gasteiger partial charge in [0.1, 0.15) is 5.75 Å². The normalized spacial score (nSPS) is 19.5. The lowest BCUT2D eigenvalue weighted by Gasteiger charge is -2.08. The van der Waals surface area contributed by atoms with Crippen molar-refractivity contribution in [3.8, 4) is 5.75 Å². The maximum Gasteiger partial charge on any atom is 0.123 e. The number of hydrogen-bond acceptors (Lipinski definition) is 1. The van der Waals surface area contributed by atoms with Crippen LogP contribution >= 0.6 is 0 Å². The third kappa shape index (κ3) is 1.42. The zero-order chi connectivity index (χ0) is 22.4. The summed E-state index contributed by atoms with van der Waals surface area (Å²) in [5, 5.41) is 8.68. The molecule has 0 saturated heterocycles. The van der Waals surface area contributed by atoms with Crippen molar-refractivity contribution in [3.63, 3.8) is 0 Å². The summed E-state index contributed by atoms with van der Waals surface area (Å²) in [4.78, 5) is 0. The van der Waals surface area contributed by atoms with Crippen LogP contribution in [-0.4, -0.2) is 5.11 Å². The van der Waals surface area contributed by atoms with E-state index in [0.717, 1.165) is 0 Å². The zero-order valence-corrected chi connectivity index (χ0v) is 9.45. The molecule has 0 aliphatic carbocycles. The van der Waals surface area contributed by atoms with Crippen molar-refractivity contribution < 1.29 is 20.2 Å². The van der Waals surface area contributed by atoms with E-state index in [-0.39, 0.29) is 32.3 Å². The predicted molar refractivity (Wildman–Crippen MR) is 80.6 cm³/mol. The number of phenolic OH excluding ortho intramolecular Hbond substituents is 1. The SMILES string of the molecule is [2H]c1c([2H])c([2H])c2c(c1[2H])c([2H])c([2H])c1c3c([2H])c([2H])c([2H])c(O)c3c([2H])c([2H])c21. The Bertz CT molecular complexity index is 1350. The van der Waals surface area contributed by atoms with E-state index in [4.69, 9.17) is 15.1 Å². The molecule has 0 unspecified atom stereocenters. The van der Waals surface area contributed by atoms with Gasteiger partial charge in [-0.15, -0.1) is 0 Å². The van der Waals surface area contributed by atoms with Gasteiger partial charge in [0.05, 0.1) is 15.1 Å². The largest absolute Gasteiger partial charge is 0.507 e. The molecule has 1 N–H and O–H groups in total. The Labute approximate surface area is 126 Å². The molecule has 0 fully saturated rings. The van der Waals surface area contributed by atoms with Crippen LogP contribution in [0, 0.1) is 0 Å². The highest BCUT2D eigenvalue weighted by molar-refractivity contribution is 6.17. The van der Waals surface area contributed by atoms with Crippen LogP contribution in [0.5, 0.6) is 5.75 Å². The van der Waals surface area contributed by atoms with E-state index in [0.29, 0.717) is 0 Å². The lowest BCUT2D eigenvalue weighted by molar-refractivity contribution is 0.481. The molecule has 4 rings (SSSR count). The second kappa shape index (κ2) is 3.72. The number of hydrogen-bond donors (Lipinski definition) is 1. The molecule has 0 bridgehead atoms. The fraction of sp³-hybridized carbons (Fsp3) is 0. The van der Waals surface area contributed by atoms with Crippen molar-refractivity contribution in [2.45, 2.75) is 0 Å². The van der Waals surface area contributed by atoms with E-state index in [1.165, 1.54) is 0 Å². The molecular formula is C18H12O. The first-order chi connectivity index (χ1) is 13.9. The molecule has 0 aliphatic rings. The molecule has 4 aromatic rings. The van der Waals surface area contributed by atoms with Crippen molar-refractivity contribution in [2.75, 3.05) is 0 Å². The van der Waals surface area contributed by atoms with Crippen LogP contribution in [0.4, 0.5) is 0 Å². The summed E-state index contributed by atoms with van der Waals surface area (Å²) >= 11 is 0. The zero-order valence-electron chi connectivity index (χ0n) is 20.4. The Morgan fingerprint density at radius 3 is 2.16 bits per heavy atom. The van der Waals surface area contributed by atoms with Gasteiger partial charge in [0.15, 0.2) is 0 Å². The van der Waals surface area contributed by atoms with Gasteiger partial charge in [-0.3, -0.25) is 0 Å². The summed E-state index contributed by atoms with van der Waals surface area (Å²) in [6, 6.07) is -6.62. The van der Waals surface area contributed by atoms with Crippen LogP contribution in [0.15, 0.2) is 66.5 Å². The van der Waals surface area contributed by atoms with Crippen LogP contribution in [0.3, 0.4) is 0 Å². The molecule has 0 radical (unpaired) electrons. The van der Waals surface area contributed by atoms with E-state index < -0.39 is 72.2 Å². The van der Waals surface area contributed by atoms with E-state index in [1.807, 2.05) is 0 Å². The number of fused-ring (bicyclic) bond motifs is 5. The quantitative estimate of drug-likeness (QED) is 0.445. The third-order valence-corrected chi connectivity index (χ3v) is 2.92. The van der Waals surface area contributed by atoms with Gasteiger partial charge in [0.2, 0.25) is 0 Å². The molecule has 4 aromatic carbocycles. The summed E-state index contributed by atoms with van der Waals surface area (Å²) in [7, 11) is 0. The van der Waals surface area contributed by atoms with Gasteiger partial charge in [-0.2, -0.15) is 0 Å². The van der Waals surface area contributed by atoms with Crippen LogP contribution in [0.2, 0.25) is 0 Å². The lowest BCUT2D eigenvalue weighted by Crippen LogP contribution is -1.80. The molecule has 0 aliphatic heterocycles. The number of benzene rings is 4. The highest BCUT2D eigenvalue weighted by atomic mass is 16.3. The monoisotopic (exact) mass is 255 g/mol. The first-order valence-electron chi connectivity index (χ1n) is 11.0. The van der Waals surface area contributed by atoms with Crippen LogP contribution in [-0.2, 0) is 0 Å². The first kappa shape index (κ1) is 4.24. The number of phenols is 1. The van der Waals surface area contributed by atoms with Gasteiger partial charge in [-0.05, 0) is 33.0 Å². The molecule has 90 valence electrons. The van der Waals surface area contributed by atoms with Gasteiger partial charge in [0, 0.05) is 5.39 Å². The van der Waals surface area contributed by atoms with Gasteiger partial charge in [-0.25, -0.2) is 0 Å². The Morgan fingerprint density at radius 2 is 1.21 bits per heavy atom. The summed E-state index contributed by atoms with van der Waals surface area (Å²) in [5.74, 6) is -0.799. The van der Waals surface area contributed by atoms with Crippen molar-refractivity contribution in [1.29, 1.82) is 0 Å². The minimum atomic E-state index is -0.799. The standard InChI is InChI=1S/C18H12O/c19-18-7-3-6-14-16-9-8-12-4-1-2-5-13(12)15(16)10-11-17(14)18/h1-11,19H/i1D,2D,3D,4D,5D,6D,7D,8D,9D,10D,11D. The van der Waals surface area contributed by atoms with Gasteiger partial charge >= 0.3 is 0 Å². The minimum Gasteiger partial charge on any atom is -0.507 e. The van der Waals surface area contributed by atoms with Crippen molar-refractivity contribution in [1.82, 2.24) is 0 Å². The van der Waals surface area contributed by atoms with Crippen molar-refractivity contribution in [2.24, 2.45) is 0 Å². The summed E-state index contributed by atoms with van der Waals surface area (Å²) in [6.07, 6.45) is 0. The second-order valence-corrected chi connectivity index (χ2v) is 3.97. The Hall–Kier alpha value is -2.54. The van der Waals surface area contributed by atoms with Crippen molar-refractivity contribution in [3.05, 3.63) is 66.5 Å². The van der Waals surface area contributed by atoms with Crippen LogP contribution < -0.4 is 0 Å². The molecule has 0 heterocycles. The topological polar surface area (TPSA) is 20.2 Å². The first-order valence-corrected chi connectivity index (χ1v) is 5.47. The minimum absolute atomic E-state index is 0.236. The molecule has 0 saturated carbocycles. The summed E-state index contributed by atoms with van der Waals surface area (Å²) in [6.45, 7) is 0. The van der Waals surface area contributed by atoms with E-state index in [1.54, 1.807) is 0 Å². The molecule has 0 amide bonds. The summed E-state index contributed by atoms with van der Waals surface area (Å²) < 4.78 is 89.7. The van der Waals surface area contributed by atoms with Gasteiger partial charge in [0.25, 0.3) is 0 Å². The molecule has 0 atom stereocenters.